The molecule has 0 bridgehead atoms. The number of benzene rings is 2. The van der Waals surface area contributed by atoms with Gasteiger partial charge in [0.15, 0.2) is 0 Å². The predicted molar refractivity (Wildman–Crippen MR) is 72.0 cm³/mol. The molecule has 0 atom stereocenters. The number of para-hydroxylation sites is 1. The second kappa shape index (κ2) is 4.71. The zero-order valence-electron chi connectivity index (χ0n) is 10.4. The topological polar surface area (TPSA) is 38.7 Å². The Balaban J connectivity index is 1.78. The molecular weight excluding hydrogens is 238 g/mol. The van der Waals surface area contributed by atoms with Gasteiger partial charge in [-0.25, -0.2) is 4.79 Å². The maximum Gasteiger partial charge on any atom is 0.235 e. The second-order valence-corrected chi connectivity index (χ2v) is 4.67. The molecule has 3 heteroatoms. The molecule has 3 rings (SSSR count). The molecule has 0 aliphatic heterocycles. The van der Waals surface area contributed by atoms with Crippen LogP contribution in [0.15, 0.2) is 59.6 Å². The van der Waals surface area contributed by atoms with Crippen LogP contribution in [0.5, 0.6) is 11.5 Å². The average molecular weight is 251 g/mol. The Morgan fingerprint density at radius 2 is 1.58 bits per heavy atom. The van der Waals surface area contributed by atoms with E-state index < -0.39 is 0 Å². The van der Waals surface area contributed by atoms with Crippen molar-refractivity contribution in [2.24, 2.45) is 4.99 Å². The molecule has 94 valence electrons. The lowest BCUT2D eigenvalue weighted by molar-refractivity contribution is 0.482. The van der Waals surface area contributed by atoms with E-state index in [0.29, 0.717) is 0 Å². The van der Waals surface area contributed by atoms with Crippen LogP contribution in [0.1, 0.15) is 18.4 Å². The molecule has 1 saturated carbocycles. The molecule has 1 aliphatic rings. The molecule has 0 radical (unpaired) electrons. The van der Waals surface area contributed by atoms with E-state index in [1.807, 2.05) is 54.6 Å². The van der Waals surface area contributed by atoms with Crippen molar-refractivity contribution in [1.29, 1.82) is 0 Å². The SMILES string of the molecule is O=C=NC1(c2ccc(Oc3ccccc3)cc2)CC1. The van der Waals surface area contributed by atoms with E-state index in [9.17, 15) is 4.79 Å². The number of aliphatic imine (C=N–C) groups is 1. The van der Waals surface area contributed by atoms with Gasteiger partial charge in [-0.3, -0.25) is 0 Å². The number of carbonyl (C=O) groups excluding carboxylic acids is 1. The van der Waals surface area contributed by atoms with Gasteiger partial charge in [0.2, 0.25) is 6.08 Å². The van der Waals surface area contributed by atoms with Crippen molar-refractivity contribution in [2.75, 3.05) is 0 Å². The molecular formula is C16H13NO2. The molecule has 1 aliphatic carbocycles. The smallest absolute Gasteiger partial charge is 0.235 e. The van der Waals surface area contributed by atoms with E-state index >= 15 is 0 Å². The minimum atomic E-state index is -0.312. The van der Waals surface area contributed by atoms with Gasteiger partial charge >= 0.3 is 0 Å². The first kappa shape index (κ1) is 11.7. The van der Waals surface area contributed by atoms with Crippen molar-refractivity contribution in [1.82, 2.24) is 0 Å². The summed E-state index contributed by atoms with van der Waals surface area (Å²) in [6.45, 7) is 0. The average Bonchev–Trinajstić information content (AvgIpc) is 3.22. The molecule has 1 fully saturated rings. The Bertz CT molecular complexity index is 609. The van der Waals surface area contributed by atoms with Gasteiger partial charge in [0.1, 0.15) is 11.5 Å². The van der Waals surface area contributed by atoms with Gasteiger partial charge in [-0.1, -0.05) is 30.3 Å². The van der Waals surface area contributed by atoms with Gasteiger partial charge in [-0.15, -0.1) is 0 Å². The largest absolute Gasteiger partial charge is 0.457 e. The van der Waals surface area contributed by atoms with Crippen LogP contribution < -0.4 is 4.74 Å². The summed E-state index contributed by atoms with van der Waals surface area (Å²) in [6.07, 6.45) is 3.50. The molecule has 2 aromatic rings. The lowest BCUT2D eigenvalue weighted by atomic mass is 10.1. The Kier molecular flexibility index (Phi) is 2.90. The Morgan fingerprint density at radius 1 is 0.947 bits per heavy atom. The fraction of sp³-hybridized carbons (Fsp3) is 0.188. The Morgan fingerprint density at radius 3 is 2.16 bits per heavy atom. The number of hydrogen-bond donors (Lipinski definition) is 0. The standard InChI is InChI=1S/C16H13NO2/c18-12-17-16(10-11-16)13-6-8-15(9-7-13)19-14-4-2-1-3-5-14/h1-9H,10-11H2. The van der Waals surface area contributed by atoms with E-state index in [4.69, 9.17) is 4.74 Å². The summed E-state index contributed by atoms with van der Waals surface area (Å²) in [4.78, 5) is 14.3. The maximum atomic E-state index is 10.4. The van der Waals surface area contributed by atoms with Gasteiger partial charge < -0.3 is 4.74 Å². The highest BCUT2D eigenvalue weighted by atomic mass is 16.5. The monoisotopic (exact) mass is 251 g/mol. The fourth-order valence-corrected chi connectivity index (χ4v) is 2.13. The van der Waals surface area contributed by atoms with Gasteiger partial charge in [0.05, 0.1) is 5.54 Å². The highest BCUT2D eigenvalue weighted by Crippen LogP contribution is 2.49. The number of nitrogens with zero attached hydrogens (tertiary/aromatic N) is 1. The van der Waals surface area contributed by atoms with Crippen LogP contribution in [0.3, 0.4) is 0 Å². The van der Waals surface area contributed by atoms with Crippen LogP contribution in [-0.2, 0) is 10.3 Å². The molecule has 0 unspecified atom stereocenters. The molecule has 19 heavy (non-hydrogen) atoms. The van der Waals surface area contributed by atoms with E-state index in [-0.39, 0.29) is 5.54 Å². The van der Waals surface area contributed by atoms with Crippen molar-refractivity contribution in [3.05, 3.63) is 60.2 Å². The maximum absolute atomic E-state index is 10.4. The zero-order valence-corrected chi connectivity index (χ0v) is 10.4. The summed E-state index contributed by atoms with van der Waals surface area (Å²) in [7, 11) is 0. The van der Waals surface area contributed by atoms with Crippen molar-refractivity contribution in [3.8, 4) is 11.5 Å². The molecule has 0 saturated heterocycles. The fourth-order valence-electron chi connectivity index (χ4n) is 2.13. The quantitative estimate of drug-likeness (QED) is 0.612. The normalized spacial score (nSPS) is 15.4. The second-order valence-electron chi connectivity index (χ2n) is 4.67. The summed E-state index contributed by atoms with van der Waals surface area (Å²) in [5.74, 6) is 1.59. The Hall–Kier alpha value is -2.38. The number of isocyanates is 1. The van der Waals surface area contributed by atoms with Gasteiger partial charge in [-0.2, -0.15) is 4.99 Å². The summed E-state index contributed by atoms with van der Waals surface area (Å²) in [5.41, 5.74) is 0.740. The van der Waals surface area contributed by atoms with Crippen molar-refractivity contribution < 1.29 is 9.53 Å². The first-order valence-electron chi connectivity index (χ1n) is 6.25. The minimum absolute atomic E-state index is 0.312. The van der Waals surface area contributed by atoms with Crippen LogP contribution in [0, 0.1) is 0 Å². The predicted octanol–water partition coefficient (Wildman–Crippen LogP) is 3.80. The first-order chi connectivity index (χ1) is 9.32. The minimum Gasteiger partial charge on any atom is -0.457 e. The summed E-state index contributed by atoms with van der Waals surface area (Å²) in [5, 5.41) is 0. The van der Waals surface area contributed by atoms with Gasteiger partial charge in [-0.05, 0) is 42.7 Å². The summed E-state index contributed by atoms with van der Waals surface area (Å²) in [6, 6.07) is 17.4. The van der Waals surface area contributed by atoms with Crippen LogP contribution in [0.4, 0.5) is 0 Å². The van der Waals surface area contributed by atoms with Gasteiger partial charge in [0.25, 0.3) is 0 Å². The number of rotatable bonds is 4. The van der Waals surface area contributed by atoms with Crippen LogP contribution in [-0.4, -0.2) is 6.08 Å². The molecule has 0 amide bonds. The Labute approximate surface area is 111 Å². The third-order valence-electron chi connectivity index (χ3n) is 3.35. The van der Waals surface area contributed by atoms with E-state index in [1.165, 1.54) is 0 Å². The first-order valence-corrected chi connectivity index (χ1v) is 6.25. The lowest BCUT2D eigenvalue weighted by Crippen LogP contribution is -2.01. The van der Waals surface area contributed by atoms with Crippen molar-refractivity contribution >= 4 is 6.08 Å². The highest BCUT2D eigenvalue weighted by molar-refractivity contribution is 5.43. The third kappa shape index (κ3) is 2.42. The van der Waals surface area contributed by atoms with Gasteiger partial charge in [0, 0.05) is 0 Å². The summed E-state index contributed by atoms with van der Waals surface area (Å²) < 4.78 is 5.72. The zero-order chi connectivity index (χ0) is 13.1. The van der Waals surface area contributed by atoms with Crippen LogP contribution in [0.25, 0.3) is 0 Å². The van der Waals surface area contributed by atoms with Crippen LogP contribution in [0.2, 0.25) is 0 Å². The molecule has 2 aromatic carbocycles. The molecule has 0 heterocycles. The van der Waals surface area contributed by atoms with E-state index in [0.717, 1.165) is 29.9 Å². The molecule has 3 nitrogen and oxygen atoms in total. The highest BCUT2D eigenvalue weighted by Gasteiger charge is 2.44. The third-order valence-corrected chi connectivity index (χ3v) is 3.35. The van der Waals surface area contributed by atoms with Crippen LogP contribution >= 0.6 is 0 Å². The molecule has 0 N–H and O–H groups in total. The molecule has 0 aromatic heterocycles. The number of hydrogen-bond acceptors (Lipinski definition) is 3. The lowest BCUT2D eigenvalue weighted by Gasteiger charge is -2.10. The van der Waals surface area contributed by atoms with Crippen molar-refractivity contribution in [2.45, 2.75) is 18.4 Å². The van der Waals surface area contributed by atoms with E-state index in [1.54, 1.807) is 6.08 Å². The number of ether oxygens (including phenoxy) is 1. The molecule has 0 spiro atoms. The van der Waals surface area contributed by atoms with Crippen molar-refractivity contribution in [3.63, 3.8) is 0 Å². The summed E-state index contributed by atoms with van der Waals surface area (Å²) >= 11 is 0. The van der Waals surface area contributed by atoms with E-state index in [2.05, 4.69) is 4.99 Å².